The molecule has 0 aliphatic heterocycles. The summed E-state index contributed by atoms with van der Waals surface area (Å²) in [6.45, 7) is 14.3. The summed E-state index contributed by atoms with van der Waals surface area (Å²) in [6, 6.07) is 0. The van der Waals surface area contributed by atoms with Crippen LogP contribution in [0.2, 0.25) is 15.8 Å². The Labute approximate surface area is 91.1 Å². The monoisotopic (exact) mass is 247 g/mol. The van der Waals surface area contributed by atoms with Crippen molar-refractivity contribution in [3.63, 3.8) is 0 Å². The fraction of sp³-hybridized carbons (Fsp3) is 1.00. The second-order valence-electron chi connectivity index (χ2n) is 5.75. The smallest absolute Gasteiger partial charge is 1.00 e. The van der Waals surface area contributed by atoms with Crippen molar-refractivity contribution in [2.45, 2.75) is 57.3 Å². The third-order valence-corrected chi connectivity index (χ3v) is 12.5. The minimum absolute atomic E-state index is 0. The van der Waals surface area contributed by atoms with Crippen LogP contribution in [-0.4, -0.2) is 14.3 Å². The second-order valence-corrected chi connectivity index (χ2v) is 12.4. The standard InChI is InChI=1S/C12H28Ge.H/c1-10(2)7-13(8-11(3)4)9-12(5)6;/h10-13H,7-9H2,1-6H3;/q;-1. The molecule has 0 aromatic carbocycles. The molecule has 0 atom stereocenters. The molecule has 0 radical (unpaired) electrons. The summed E-state index contributed by atoms with van der Waals surface area (Å²) in [6.07, 6.45) is 0. The van der Waals surface area contributed by atoms with Crippen molar-refractivity contribution < 1.29 is 1.43 Å². The molecule has 0 bridgehead atoms. The number of hydrogen-bond donors (Lipinski definition) is 0. The summed E-state index contributed by atoms with van der Waals surface area (Å²) in [5.74, 6) is 2.84. The van der Waals surface area contributed by atoms with Crippen LogP contribution in [0.25, 0.3) is 0 Å². The van der Waals surface area contributed by atoms with Gasteiger partial charge in [0.1, 0.15) is 0 Å². The Morgan fingerprint density at radius 2 is 0.923 bits per heavy atom. The van der Waals surface area contributed by atoms with Crippen molar-refractivity contribution in [1.82, 2.24) is 0 Å². The van der Waals surface area contributed by atoms with E-state index in [1.807, 2.05) is 0 Å². The first-order chi connectivity index (χ1) is 5.91. The summed E-state index contributed by atoms with van der Waals surface area (Å²) in [5, 5.41) is 4.80. The van der Waals surface area contributed by atoms with Crippen LogP contribution in [-0.2, 0) is 0 Å². The summed E-state index contributed by atoms with van der Waals surface area (Å²) in [7, 11) is 0. The van der Waals surface area contributed by atoms with E-state index >= 15 is 0 Å². The maximum atomic E-state index is 2.39. The van der Waals surface area contributed by atoms with Gasteiger partial charge in [-0.1, -0.05) is 0 Å². The van der Waals surface area contributed by atoms with Crippen molar-refractivity contribution >= 4 is 14.3 Å². The average Bonchev–Trinajstić information content (AvgIpc) is 1.80. The summed E-state index contributed by atoms with van der Waals surface area (Å²) in [5.41, 5.74) is 0. The van der Waals surface area contributed by atoms with E-state index in [9.17, 15) is 0 Å². The van der Waals surface area contributed by atoms with Crippen LogP contribution in [0.5, 0.6) is 0 Å². The van der Waals surface area contributed by atoms with Crippen molar-refractivity contribution in [3.05, 3.63) is 0 Å². The van der Waals surface area contributed by atoms with Crippen molar-refractivity contribution in [3.8, 4) is 0 Å². The first-order valence-corrected chi connectivity index (χ1v) is 11.1. The van der Waals surface area contributed by atoms with E-state index < -0.39 is 14.3 Å². The van der Waals surface area contributed by atoms with Crippen LogP contribution in [0.15, 0.2) is 0 Å². The largest absolute Gasteiger partial charge is 1.00 e. The summed E-state index contributed by atoms with van der Waals surface area (Å²) in [4.78, 5) is 0. The average molecular weight is 246 g/mol. The molecule has 0 aromatic heterocycles. The van der Waals surface area contributed by atoms with Gasteiger partial charge in [0.25, 0.3) is 0 Å². The van der Waals surface area contributed by atoms with Gasteiger partial charge < -0.3 is 1.43 Å². The Bertz CT molecular complexity index is 97.7. The first-order valence-electron chi connectivity index (χ1n) is 5.91. The summed E-state index contributed by atoms with van der Waals surface area (Å²) >= 11 is -0.885. The predicted octanol–water partition coefficient (Wildman–Crippen LogP) is 4.29. The maximum Gasteiger partial charge on any atom is -1.00 e. The van der Waals surface area contributed by atoms with Gasteiger partial charge in [-0.15, -0.1) is 0 Å². The second kappa shape index (κ2) is 6.92. The van der Waals surface area contributed by atoms with Gasteiger partial charge in [-0.3, -0.25) is 0 Å². The molecule has 0 amide bonds. The number of rotatable bonds is 6. The zero-order chi connectivity index (χ0) is 10.4. The molecule has 82 valence electrons. The van der Waals surface area contributed by atoms with Crippen LogP contribution in [0.3, 0.4) is 0 Å². The van der Waals surface area contributed by atoms with Gasteiger partial charge in [0.15, 0.2) is 0 Å². The van der Waals surface area contributed by atoms with Gasteiger partial charge in [0.05, 0.1) is 0 Å². The molecule has 0 fully saturated rings. The van der Waals surface area contributed by atoms with Gasteiger partial charge in [-0.2, -0.15) is 0 Å². The fourth-order valence-corrected chi connectivity index (χ4v) is 11.9. The quantitative estimate of drug-likeness (QED) is 0.613. The molecule has 0 heterocycles. The van der Waals surface area contributed by atoms with E-state index in [0.717, 1.165) is 17.8 Å². The molecule has 0 aliphatic carbocycles. The SMILES string of the molecule is CC(C)[CH2][GeH]([CH2]C(C)C)[CH2]C(C)C.[H-]. The van der Waals surface area contributed by atoms with Gasteiger partial charge >= 0.3 is 89.4 Å². The third-order valence-electron chi connectivity index (χ3n) is 2.41. The van der Waals surface area contributed by atoms with E-state index in [4.69, 9.17) is 0 Å². The number of hydrogen-bond acceptors (Lipinski definition) is 0. The Kier molecular flexibility index (Phi) is 7.21. The van der Waals surface area contributed by atoms with Gasteiger partial charge in [0.2, 0.25) is 0 Å². The molecule has 0 rings (SSSR count). The predicted molar refractivity (Wildman–Crippen MR) is 67.2 cm³/mol. The Morgan fingerprint density at radius 1 is 0.692 bits per heavy atom. The molecule has 1 heteroatoms. The van der Waals surface area contributed by atoms with E-state index in [1.165, 1.54) is 0 Å². The van der Waals surface area contributed by atoms with Crippen LogP contribution in [0.4, 0.5) is 0 Å². The van der Waals surface area contributed by atoms with Crippen LogP contribution >= 0.6 is 0 Å². The molecule has 0 aliphatic rings. The van der Waals surface area contributed by atoms with E-state index in [-0.39, 0.29) is 1.43 Å². The fourth-order valence-electron chi connectivity index (χ4n) is 2.29. The molecular formula is C12H29Ge-. The zero-order valence-electron chi connectivity index (χ0n) is 11.4. The van der Waals surface area contributed by atoms with Crippen molar-refractivity contribution in [1.29, 1.82) is 0 Å². The van der Waals surface area contributed by atoms with Crippen LogP contribution in [0, 0.1) is 17.8 Å². The molecule has 0 saturated heterocycles. The van der Waals surface area contributed by atoms with Gasteiger partial charge in [-0.25, -0.2) is 0 Å². The van der Waals surface area contributed by atoms with Crippen LogP contribution in [0.1, 0.15) is 43.0 Å². The zero-order valence-corrected chi connectivity index (χ0v) is 12.9. The van der Waals surface area contributed by atoms with Crippen LogP contribution < -0.4 is 0 Å². The third kappa shape index (κ3) is 8.86. The molecule has 0 spiro atoms. The van der Waals surface area contributed by atoms with Crippen molar-refractivity contribution in [2.24, 2.45) is 17.8 Å². The van der Waals surface area contributed by atoms with E-state index in [2.05, 4.69) is 41.5 Å². The minimum Gasteiger partial charge on any atom is -1.00 e. The molecular weight excluding hydrogens is 217 g/mol. The molecule has 0 saturated carbocycles. The van der Waals surface area contributed by atoms with E-state index in [1.54, 1.807) is 15.8 Å². The Hall–Kier alpha value is 0.543. The topological polar surface area (TPSA) is 0 Å². The Balaban J connectivity index is 0. The maximum absolute atomic E-state index is 2.39. The van der Waals surface area contributed by atoms with Crippen molar-refractivity contribution in [2.75, 3.05) is 0 Å². The normalized spacial score (nSPS) is 12.5. The van der Waals surface area contributed by atoms with E-state index in [0.29, 0.717) is 0 Å². The molecule has 0 aromatic rings. The molecule has 0 nitrogen and oxygen atoms in total. The first kappa shape index (κ1) is 13.5. The molecule has 0 unspecified atom stereocenters. The molecule has 13 heavy (non-hydrogen) atoms. The van der Waals surface area contributed by atoms with Gasteiger partial charge in [-0.05, 0) is 0 Å². The minimum atomic E-state index is -0.885. The summed E-state index contributed by atoms with van der Waals surface area (Å²) < 4.78 is 0. The Morgan fingerprint density at radius 3 is 1.08 bits per heavy atom. The van der Waals surface area contributed by atoms with Gasteiger partial charge in [0, 0.05) is 0 Å². The molecule has 0 N–H and O–H groups in total.